The summed E-state index contributed by atoms with van der Waals surface area (Å²) in [4.78, 5) is 39.6. The molecule has 1 atom stereocenters. The number of ether oxygens (including phenoxy) is 1. The van der Waals surface area contributed by atoms with Gasteiger partial charge in [0, 0.05) is 11.4 Å². The number of barbiturate groups is 1. The maximum atomic E-state index is 13.3. The Morgan fingerprint density at radius 2 is 1.71 bits per heavy atom. The maximum absolute atomic E-state index is 13.3. The highest BCUT2D eigenvalue weighted by atomic mass is 16.5. The number of carbonyl (C=O) groups excluding carboxylic acids is 3. The lowest BCUT2D eigenvalue weighted by Crippen LogP contribution is -2.54. The van der Waals surface area contributed by atoms with Crippen LogP contribution >= 0.6 is 0 Å². The zero-order valence-corrected chi connectivity index (χ0v) is 20.6. The number of urea groups is 1. The number of carbonyl (C=O) groups is 3. The fourth-order valence-electron chi connectivity index (χ4n) is 4.35. The lowest BCUT2D eigenvalue weighted by molar-refractivity contribution is -0.122. The Hall–Kier alpha value is -4.13. The van der Waals surface area contributed by atoms with Gasteiger partial charge in [0.25, 0.3) is 11.8 Å². The van der Waals surface area contributed by atoms with E-state index in [2.05, 4.69) is 19.2 Å². The van der Waals surface area contributed by atoms with Gasteiger partial charge in [0.1, 0.15) is 11.3 Å². The molecule has 1 fully saturated rings. The highest BCUT2D eigenvalue weighted by Gasteiger charge is 2.37. The van der Waals surface area contributed by atoms with E-state index in [4.69, 9.17) is 4.74 Å². The van der Waals surface area contributed by atoms with Crippen molar-refractivity contribution in [3.63, 3.8) is 0 Å². The summed E-state index contributed by atoms with van der Waals surface area (Å²) in [7, 11) is 1.61. The second-order valence-electron chi connectivity index (χ2n) is 8.69. The molecule has 4 amide bonds. The average molecular weight is 472 g/mol. The molecule has 1 aliphatic heterocycles. The number of hydrogen-bond acceptors (Lipinski definition) is 4. The molecule has 1 N–H and O–H groups in total. The molecule has 0 saturated carbocycles. The van der Waals surface area contributed by atoms with Gasteiger partial charge in [0.15, 0.2) is 0 Å². The average Bonchev–Trinajstić information content (AvgIpc) is 3.13. The largest absolute Gasteiger partial charge is 0.495 e. The first-order chi connectivity index (χ1) is 16.8. The standard InChI is InChI=1S/C28H29N3O4/c1-6-17(2)20-11-13-22(14-12-20)31-27(33)23(26(32)29-28(31)34)16-21-15-18(3)30(19(21)4)24-9-7-8-10-25(24)35-5/h7-17H,6H2,1-5H3,(H,29,32,34)/b23-16+. The van der Waals surface area contributed by atoms with Crippen molar-refractivity contribution in [2.45, 2.75) is 40.0 Å². The van der Waals surface area contributed by atoms with Crippen LogP contribution in [-0.2, 0) is 9.59 Å². The van der Waals surface area contributed by atoms with Crippen molar-refractivity contribution in [2.24, 2.45) is 0 Å². The third-order valence-corrected chi connectivity index (χ3v) is 6.53. The van der Waals surface area contributed by atoms with Crippen molar-refractivity contribution in [1.29, 1.82) is 0 Å². The molecule has 1 aromatic heterocycles. The zero-order valence-electron chi connectivity index (χ0n) is 20.6. The molecule has 7 heteroatoms. The molecule has 1 aliphatic rings. The van der Waals surface area contributed by atoms with E-state index >= 15 is 0 Å². The van der Waals surface area contributed by atoms with Crippen LogP contribution in [0.5, 0.6) is 5.75 Å². The highest BCUT2D eigenvalue weighted by Crippen LogP contribution is 2.30. The van der Waals surface area contributed by atoms with E-state index in [1.165, 1.54) is 0 Å². The van der Waals surface area contributed by atoms with Crippen LogP contribution in [-0.4, -0.2) is 29.5 Å². The molecule has 1 saturated heterocycles. The minimum atomic E-state index is -0.757. The second-order valence-corrected chi connectivity index (χ2v) is 8.69. The molecular formula is C28H29N3O4. The third kappa shape index (κ3) is 4.37. The van der Waals surface area contributed by atoms with Crippen molar-refractivity contribution in [3.8, 4) is 11.4 Å². The van der Waals surface area contributed by atoms with Crippen molar-refractivity contribution < 1.29 is 19.1 Å². The second kappa shape index (κ2) is 9.62. The van der Waals surface area contributed by atoms with Crippen LogP contribution in [0.25, 0.3) is 11.8 Å². The quantitative estimate of drug-likeness (QED) is 0.392. The number of imide groups is 2. The van der Waals surface area contributed by atoms with Gasteiger partial charge >= 0.3 is 6.03 Å². The van der Waals surface area contributed by atoms with Crippen LogP contribution in [0.2, 0.25) is 0 Å². The highest BCUT2D eigenvalue weighted by molar-refractivity contribution is 6.39. The fourth-order valence-corrected chi connectivity index (χ4v) is 4.35. The summed E-state index contributed by atoms with van der Waals surface area (Å²) in [6, 6.07) is 16.1. The summed E-state index contributed by atoms with van der Waals surface area (Å²) >= 11 is 0. The molecule has 0 radical (unpaired) electrons. The van der Waals surface area contributed by atoms with E-state index in [1.54, 1.807) is 25.3 Å². The van der Waals surface area contributed by atoms with Gasteiger partial charge in [0.2, 0.25) is 0 Å². The zero-order chi connectivity index (χ0) is 25.3. The van der Waals surface area contributed by atoms with Gasteiger partial charge in [-0.2, -0.15) is 0 Å². The smallest absolute Gasteiger partial charge is 0.335 e. The van der Waals surface area contributed by atoms with Crippen LogP contribution in [0.1, 0.15) is 48.7 Å². The molecule has 0 bridgehead atoms. The monoisotopic (exact) mass is 471 g/mol. The van der Waals surface area contributed by atoms with Crippen LogP contribution in [0, 0.1) is 13.8 Å². The fraction of sp³-hybridized carbons (Fsp3) is 0.250. The Kier molecular flexibility index (Phi) is 6.60. The van der Waals surface area contributed by atoms with Gasteiger partial charge in [-0.15, -0.1) is 0 Å². The van der Waals surface area contributed by atoms with E-state index < -0.39 is 17.8 Å². The lowest BCUT2D eigenvalue weighted by atomic mass is 9.98. The first-order valence-corrected chi connectivity index (χ1v) is 11.6. The Bertz CT molecular complexity index is 1330. The number of nitrogens with one attached hydrogen (secondary N) is 1. The Morgan fingerprint density at radius 1 is 1.03 bits per heavy atom. The lowest BCUT2D eigenvalue weighted by Gasteiger charge is -2.26. The van der Waals surface area contributed by atoms with Crippen LogP contribution in [0.4, 0.5) is 10.5 Å². The summed E-state index contributed by atoms with van der Waals surface area (Å²) in [5.41, 5.74) is 4.74. The summed E-state index contributed by atoms with van der Waals surface area (Å²) in [5, 5.41) is 2.30. The van der Waals surface area contributed by atoms with Crippen LogP contribution in [0.3, 0.4) is 0 Å². The van der Waals surface area contributed by atoms with E-state index in [0.717, 1.165) is 34.0 Å². The predicted molar refractivity (Wildman–Crippen MR) is 136 cm³/mol. The molecule has 2 heterocycles. The molecule has 35 heavy (non-hydrogen) atoms. The first kappa shape index (κ1) is 24.0. The van der Waals surface area contributed by atoms with Crippen LogP contribution < -0.4 is 15.0 Å². The SMILES string of the molecule is CCC(C)c1ccc(N2C(=O)NC(=O)/C(=C\c3cc(C)n(-c4ccccc4OC)c3C)C2=O)cc1. The number of para-hydroxylation sites is 2. The Labute approximate surface area is 205 Å². The molecule has 7 nitrogen and oxygen atoms in total. The van der Waals surface area contributed by atoms with Crippen molar-refractivity contribution in [3.05, 3.63) is 82.7 Å². The number of aromatic nitrogens is 1. The number of hydrogen-bond donors (Lipinski definition) is 1. The van der Waals surface area contributed by atoms with E-state index in [-0.39, 0.29) is 5.57 Å². The van der Waals surface area contributed by atoms with Crippen molar-refractivity contribution >= 4 is 29.6 Å². The number of amides is 4. The van der Waals surface area contributed by atoms with Gasteiger partial charge in [-0.3, -0.25) is 14.9 Å². The molecular weight excluding hydrogens is 442 g/mol. The van der Waals surface area contributed by atoms with Gasteiger partial charge in [-0.1, -0.05) is 38.1 Å². The third-order valence-electron chi connectivity index (χ3n) is 6.53. The Balaban J connectivity index is 1.73. The van der Waals surface area contributed by atoms with Crippen molar-refractivity contribution in [1.82, 2.24) is 9.88 Å². The molecule has 3 aromatic rings. The predicted octanol–water partition coefficient (Wildman–Crippen LogP) is 5.28. The van der Waals surface area contributed by atoms with Crippen LogP contribution in [0.15, 0.2) is 60.2 Å². The number of rotatable bonds is 6. The van der Waals surface area contributed by atoms with E-state index in [0.29, 0.717) is 22.9 Å². The van der Waals surface area contributed by atoms with Gasteiger partial charge in [-0.25, -0.2) is 9.69 Å². The van der Waals surface area contributed by atoms with Crippen molar-refractivity contribution in [2.75, 3.05) is 12.0 Å². The summed E-state index contributed by atoms with van der Waals surface area (Å²) in [6.45, 7) is 8.08. The normalized spacial score (nSPS) is 16.0. The van der Waals surface area contributed by atoms with Gasteiger partial charge in [0.05, 0.1) is 18.5 Å². The first-order valence-electron chi connectivity index (χ1n) is 11.6. The number of nitrogens with zero attached hydrogens (tertiary/aromatic N) is 2. The summed E-state index contributed by atoms with van der Waals surface area (Å²) in [5.74, 6) is -0.297. The summed E-state index contributed by atoms with van der Waals surface area (Å²) < 4.78 is 7.52. The van der Waals surface area contributed by atoms with Gasteiger partial charge in [-0.05, 0) is 73.7 Å². The minimum absolute atomic E-state index is 0.101. The number of benzene rings is 2. The molecule has 0 aliphatic carbocycles. The minimum Gasteiger partial charge on any atom is -0.495 e. The topological polar surface area (TPSA) is 80.6 Å². The number of anilines is 1. The molecule has 180 valence electrons. The van der Waals surface area contributed by atoms with Gasteiger partial charge < -0.3 is 9.30 Å². The number of methoxy groups -OCH3 is 1. The molecule has 1 unspecified atom stereocenters. The molecule has 2 aromatic carbocycles. The Morgan fingerprint density at radius 3 is 2.37 bits per heavy atom. The van der Waals surface area contributed by atoms with E-state index in [9.17, 15) is 14.4 Å². The summed E-state index contributed by atoms with van der Waals surface area (Å²) in [6.07, 6.45) is 2.52. The molecule has 4 rings (SSSR count). The van der Waals surface area contributed by atoms with E-state index in [1.807, 2.05) is 60.9 Å². The number of aryl methyl sites for hydroxylation is 1. The molecule has 0 spiro atoms. The maximum Gasteiger partial charge on any atom is 0.335 e.